The molecule has 0 saturated heterocycles. The largest absolute Gasteiger partial charge is 0.370 e. The van der Waals surface area contributed by atoms with E-state index in [1.54, 1.807) is 13.8 Å². The molecule has 3 aromatic heterocycles. The Labute approximate surface area is 336 Å². The van der Waals surface area contributed by atoms with Crippen LogP contribution in [0.1, 0.15) is 159 Å². The Kier molecular flexibility index (Phi) is 17.1. The molecule has 0 saturated carbocycles. The Morgan fingerprint density at radius 3 is 1.84 bits per heavy atom. The molecule has 0 bridgehead atoms. The molecule has 3 rings (SSSR count). The summed E-state index contributed by atoms with van der Waals surface area (Å²) in [5.41, 5.74) is 18.0. The first kappa shape index (κ1) is 45.4. The van der Waals surface area contributed by atoms with E-state index in [2.05, 4.69) is 40.4 Å². The van der Waals surface area contributed by atoms with Crippen LogP contribution in [-0.2, 0) is 6.42 Å². The number of guanidine groups is 2. The average Bonchev–Trinajstić information content (AvgIpc) is 3.86. The number of hydrogen-bond donors (Lipinski definition) is 10. The molecule has 4 atom stereocenters. The highest BCUT2D eigenvalue weighted by molar-refractivity contribution is 7.14. The lowest BCUT2D eigenvalue weighted by Gasteiger charge is -2.25. The van der Waals surface area contributed by atoms with E-state index in [9.17, 15) is 14.4 Å². The number of aryl methyl sites for hydroxylation is 3. The molecule has 0 aliphatic rings. The van der Waals surface area contributed by atoms with Crippen molar-refractivity contribution in [1.29, 1.82) is 10.8 Å². The van der Waals surface area contributed by atoms with Crippen molar-refractivity contribution < 1.29 is 14.4 Å². The van der Waals surface area contributed by atoms with Gasteiger partial charge in [0.05, 0.1) is 54.6 Å². The number of amides is 2. The maximum Gasteiger partial charge on any atom is 0.263 e. The van der Waals surface area contributed by atoms with Gasteiger partial charge < -0.3 is 43.8 Å². The van der Waals surface area contributed by atoms with Crippen molar-refractivity contribution >= 4 is 63.5 Å². The molecule has 2 amide bonds. The van der Waals surface area contributed by atoms with Crippen LogP contribution < -0.4 is 43.8 Å². The van der Waals surface area contributed by atoms with Gasteiger partial charge in [-0.2, -0.15) is 0 Å². The van der Waals surface area contributed by atoms with E-state index in [4.69, 9.17) is 43.0 Å². The first-order valence-corrected chi connectivity index (χ1v) is 21.2. The zero-order valence-corrected chi connectivity index (χ0v) is 35.6. The predicted molar refractivity (Wildman–Crippen MR) is 222 cm³/mol. The Morgan fingerprint density at radius 1 is 0.745 bits per heavy atom. The number of carbonyl (C=O) groups is 3. The molecular weight excluding hydrogens is 759 g/mol. The zero-order chi connectivity index (χ0) is 41.0. The number of nitrogens with zero attached hydrogens (tertiary/aromatic N) is 3. The van der Waals surface area contributed by atoms with Crippen LogP contribution in [0.2, 0.25) is 0 Å². The number of hydrogen-bond acceptors (Lipinski definition) is 13. The molecule has 3 aromatic rings. The molecule has 0 spiro atoms. The predicted octanol–water partition coefficient (Wildman–Crippen LogP) is 4.46. The summed E-state index contributed by atoms with van der Waals surface area (Å²) < 4.78 is 0. The number of thiazole rings is 3. The average molecular weight is 818 g/mol. The zero-order valence-electron chi connectivity index (χ0n) is 33.2. The molecule has 16 nitrogen and oxygen atoms in total. The molecular formula is C36H59N13O3S3. The van der Waals surface area contributed by atoms with Gasteiger partial charge in [0.25, 0.3) is 11.8 Å². The maximum absolute atomic E-state index is 14.2. The highest BCUT2D eigenvalue weighted by Gasteiger charge is 2.36. The van der Waals surface area contributed by atoms with E-state index in [0.717, 1.165) is 11.4 Å². The molecule has 304 valence electrons. The molecule has 0 radical (unpaired) electrons. The van der Waals surface area contributed by atoms with Gasteiger partial charge in [-0.05, 0) is 73.1 Å². The van der Waals surface area contributed by atoms with Crippen molar-refractivity contribution in [3.05, 3.63) is 46.7 Å². The molecule has 55 heavy (non-hydrogen) atoms. The SMILES string of the molecule is CCC(C)N[C@@H](C)c1nc(C)sc1C(=O)N[C@@H](CCCNC(=N)N)c1nc(C)sc1C(=O)N[C@@H](C)c1nc(CCCNC(=N)N)sc1C(=O)C(N)(CC)CC. The Bertz CT molecular complexity index is 1800. The monoisotopic (exact) mass is 817 g/mol. The van der Waals surface area contributed by atoms with Crippen LogP contribution in [0.5, 0.6) is 0 Å². The minimum absolute atomic E-state index is 0.120. The smallest absolute Gasteiger partial charge is 0.263 e. The van der Waals surface area contributed by atoms with Crippen LogP contribution in [0, 0.1) is 24.7 Å². The van der Waals surface area contributed by atoms with E-state index in [0.29, 0.717) is 93.3 Å². The third-order valence-corrected chi connectivity index (χ3v) is 12.5. The first-order chi connectivity index (χ1) is 25.9. The Hall–Kier alpha value is -4.04. The van der Waals surface area contributed by atoms with Crippen LogP contribution in [0.25, 0.3) is 0 Å². The molecule has 1 unspecified atom stereocenters. The van der Waals surface area contributed by atoms with E-state index < -0.39 is 23.5 Å². The highest BCUT2D eigenvalue weighted by atomic mass is 32.1. The second-order valence-corrected chi connectivity index (χ2v) is 17.2. The number of ketones is 1. The van der Waals surface area contributed by atoms with Gasteiger partial charge in [0.1, 0.15) is 9.75 Å². The van der Waals surface area contributed by atoms with E-state index in [1.807, 2.05) is 27.7 Å². The van der Waals surface area contributed by atoms with Crippen LogP contribution in [-0.4, -0.2) is 69.1 Å². The minimum atomic E-state index is -1.08. The lowest BCUT2D eigenvalue weighted by molar-refractivity contribution is 0.0877. The Balaban J connectivity index is 1.96. The summed E-state index contributed by atoms with van der Waals surface area (Å²) in [5, 5.41) is 32.4. The fourth-order valence-corrected chi connectivity index (χ4v) is 8.98. The second-order valence-electron chi connectivity index (χ2n) is 13.8. The molecule has 0 aromatic carbocycles. The molecule has 3 heterocycles. The Morgan fingerprint density at radius 2 is 1.27 bits per heavy atom. The fourth-order valence-electron chi connectivity index (χ4n) is 5.93. The van der Waals surface area contributed by atoms with Crippen LogP contribution in [0.4, 0.5) is 0 Å². The van der Waals surface area contributed by atoms with Crippen LogP contribution >= 0.6 is 34.0 Å². The summed E-state index contributed by atoms with van der Waals surface area (Å²) in [4.78, 5) is 57.6. The molecule has 0 aliphatic heterocycles. The number of aromatic nitrogens is 3. The van der Waals surface area contributed by atoms with Crippen LogP contribution in [0.15, 0.2) is 0 Å². The molecule has 0 aliphatic carbocycles. The summed E-state index contributed by atoms with van der Waals surface area (Å²) in [6.07, 6.45) is 3.88. The summed E-state index contributed by atoms with van der Waals surface area (Å²) in [6, 6.07) is -1.27. The number of carbonyl (C=O) groups excluding carboxylic acids is 3. The molecule has 19 heteroatoms. The topological polar surface area (TPSA) is 276 Å². The van der Waals surface area contributed by atoms with Gasteiger partial charge >= 0.3 is 0 Å². The normalized spacial score (nSPS) is 13.8. The second kappa shape index (κ2) is 20.8. The molecule has 0 fully saturated rings. The maximum atomic E-state index is 14.2. The van der Waals surface area contributed by atoms with Crippen molar-refractivity contribution in [3.8, 4) is 0 Å². The van der Waals surface area contributed by atoms with Gasteiger partial charge in [0.2, 0.25) is 0 Å². The number of Topliss-reactive ketones (excluding diaryl/α,β-unsaturated/α-hetero) is 1. The minimum Gasteiger partial charge on any atom is -0.370 e. The van der Waals surface area contributed by atoms with Gasteiger partial charge in [-0.15, -0.1) is 34.0 Å². The number of nitrogens with one attached hydrogen (secondary N) is 7. The number of nitrogens with two attached hydrogens (primary N) is 3. The highest BCUT2D eigenvalue weighted by Crippen LogP contribution is 2.33. The van der Waals surface area contributed by atoms with Gasteiger partial charge in [-0.3, -0.25) is 25.2 Å². The standard InChI is InChI=1S/C36H59N13O3S3/c1-9-18(4)44-19(5)26-29(53-21(7)46-26)33(52)48-23(14-12-16-42-34(37)38)27-30(54-22(8)47-27)32(51)45-20(6)25-28(31(50)36(41,10-2)11-3)55-24(49-25)15-13-17-43-35(39)40/h18-20,23,44H,9-17,41H2,1-8H3,(H,45,51)(H,48,52)(H4,37,38,42)(H4,39,40,43)/t18?,19-,20-,23-/m0/s1. The summed E-state index contributed by atoms with van der Waals surface area (Å²) >= 11 is 3.81. The summed E-state index contributed by atoms with van der Waals surface area (Å²) in [5.74, 6) is -1.24. The van der Waals surface area contributed by atoms with Crippen molar-refractivity contribution in [2.75, 3.05) is 13.1 Å². The van der Waals surface area contributed by atoms with E-state index in [-0.39, 0.29) is 35.7 Å². The lowest BCUT2D eigenvalue weighted by atomic mass is 9.87. The summed E-state index contributed by atoms with van der Waals surface area (Å²) in [7, 11) is 0. The number of rotatable bonds is 22. The lowest BCUT2D eigenvalue weighted by Crippen LogP contribution is -2.47. The van der Waals surface area contributed by atoms with Gasteiger partial charge in [-0.1, -0.05) is 20.8 Å². The third kappa shape index (κ3) is 12.5. The van der Waals surface area contributed by atoms with E-state index >= 15 is 0 Å². The van der Waals surface area contributed by atoms with E-state index in [1.165, 1.54) is 34.0 Å². The fraction of sp³-hybridized carbons (Fsp3) is 0.611. The third-order valence-electron chi connectivity index (χ3n) is 9.37. The van der Waals surface area contributed by atoms with Crippen molar-refractivity contribution in [2.24, 2.45) is 17.2 Å². The van der Waals surface area contributed by atoms with Gasteiger partial charge in [-0.25, -0.2) is 15.0 Å². The van der Waals surface area contributed by atoms with Crippen molar-refractivity contribution in [1.82, 2.24) is 41.5 Å². The quantitative estimate of drug-likeness (QED) is 0.0291. The van der Waals surface area contributed by atoms with Crippen LogP contribution in [0.3, 0.4) is 0 Å². The van der Waals surface area contributed by atoms with Gasteiger partial charge in [0, 0.05) is 31.6 Å². The summed E-state index contributed by atoms with van der Waals surface area (Å²) in [6.45, 7) is 16.2. The molecule has 13 N–H and O–H groups in total. The van der Waals surface area contributed by atoms with Crippen molar-refractivity contribution in [2.45, 2.75) is 130 Å². The van der Waals surface area contributed by atoms with Gasteiger partial charge in [0.15, 0.2) is 17.7 Å². The van der Waals surface area contributed by atoms with Crippen molar-refractivity contribution in [3.63, 3.8) is 0 Å². The first-order valence-electron chi connectivity index (χ1n) is 18.8.